The van der Waals surface area contributed by atoms with Gasteiger partial charge in [-0.3, -0.25) is 4.79 Å². The number of carboxylic acids is 1. The average molecular weight is 315 g/mol. The molecule has 1 atom stereocenters. The van der Waals surface area contributed by atoms with E-state index in [1.807, 2.05) is 26.8 Å². The molecule has 0 aliphatic rings. The maximum atomic E-state index is 10.5. The lowest BCUT2D eigenvalue weighted by Crippen LogP contribution is -2.06. The van der Waals surface area contributed by atoms with Crippen molar-refractivity contribution in [2.75, 3.05) is 0 Å². The van der Waals surface area contributed by atoms with Gasteiger partial charge < -0.3 is 10.2 Å². The minimum absolute atomic E-state index is 0.0994. The number of aliphatic hydroxyl groups is 1. The highest BCUT2D eigenvalue weighted by Crippen LogP contribution is 2.32. The number of aryl methyl sites for hydroxylation is 2. The molecular weight excluding hydrogens is 296 g/mol. The maximum Gasteiger partial charge on any atom is 0.303 e. The Labute approximate surface area is 116 Å². The molecule has 2 N–H and O–H groups in total. The van der Waals surface area contributed by atoms with E-state index in [4.69, 9.17) is 5.11 Å². The van der Waals surface area contributed by atoms with Crippen molar-refractivity contribution in [1.29, 1.82) is 0 Å². The number of benzene rings is 1. The van der Waals surface area contributed by atoms with Gasteiger partial charge in [0.15, 0.2) is 0 Å². The molecule has 4 heteroatoms. The van der Waals surface area contributed by atoms with Crippen LogP contribution >= 0.6 is 15.9 Å². The number of halogens is 1. The summed E-state index contributed by atoms with van der Waals surface area (Å²) >= 11 is 3.52. The molecule has 0 heterocycles. The van der Waals surface area contributed by atoms with Crippen LogP contribution in [0.3, 0.4) is 0 Å². The van der Waals surface area contributed by atoms with Crippen molar-refractivity contribution in [3.63, 3.8) is 0 Å². The SMILES string of the molecule is Cc1cc(C)c([C@H](O)CCCC(=O)O)c(C)c1Br. The van der Waals surface area contributed by atoms with Crippen LogP contribution in [0.4, 0.5) is 0 Å². The molecule has 1 aromatic rings. The Morgan fingerprint density at radius 1 is 1.33 bits per heavy atom. The van der Waals surface area contributed by atoms with Crippen molar-refractivity contribution >= 4 is 21.9 Å². The van der Waals surface area contributed by atoms with E-state index in [0.717, 1.165) is 26.7 Å². The highest BCUT2D eigenvalue weighted by molar-refractivity contribution is 9.10. The Morgan fingerprint density at radius 2 is 1.94 bits per heavy atom. The van der Waals surface area contributed by atoms with E-state index in [-0.39, 0.29) is 6.42 Å². The monoisotopic (exact) mass is 314 g/mol. The first kappa shape index (κ1) is 15.2. The fourth-order valence-electron chi connectivity index (χ4n) is 2.28. The molecule has 0 aliphatic heterocycles. The van der Waals surface area contributed by atoms with Gasteiger partial charge in [-0.15, -0.1) is 0 Å². The summed E-state index contributed by atoms with van der Waals surface area (Å²) in [4.78, 5) is 10.5. The van der Waals surface area contributed by atoms with Crippen LogP contribution in [0.15, 0.2) is 10.5 Å². The van der Waals surface area contributed by atoms with Crippen molar-refractivity contribution in [1.82, 2.24) is 0 Å². The fourth-order valence-corrected chi connectivity index (χ4v) is 2.61. The number of aliphatic carboxylic acids is 1. The van der Waals surface area contributed by atoms with Crippen LogP contribution < -0.4 is 0 Å². The van der Waals surface area contributed by atoms with Crippen LogP contribution in [-0.2, 0) is 4.79 Å². The van der Waals surface area contributed by atoms with Crippen LogP contribution in [0.25, 0.3) is 0 Å². The molecule has 0 amide bonds. The van der Waals surface area contributed by atoms with Gasteiger partial charge in [0.05, 0.1) is 6.10 Å². The summed E-state index contributed by atoms with van der Waals surface area (Å²) in [5.74, 6) is -0.819. The zero-order chi connectivity index (χ0) is 13.9. The molecule has 0 aliphatic carbocycles. The van der Waals surface area contributed by atoms with Crippen LogP contribution in [0.2, 0.25) is 0 Å². The van der Waals surface area contributed by atoms with Crippen molar-refractivity contribution in [3.05, 3.63) is 32.8 Å². The summed E-state index contributed by atoms with van der Waals surface area (Å²) < 4.78 is 1.01. The van der Waals surface area contributed by atoms with Gasteiger partial charge in [-0.1, -0.05) is 22.0 Å². The van der Waals surface area contributed by atoms with E-state index in [1.165, 1.54) is 0 Å². The van der Waals surface area contributed by atoms with Crippen molar-refractivity contribution in [2.24, 2.45) is 0 Å². The second kappa shape index (κ2) is 6.34. The normalized spacial score (nSPS) is 12.5. The zero-order valence-electron chi connectivity index (χ0n) is 11.0. The number of rotatable bonds is 5. The first-order valence-electron chi connectivity index (χ1n) is 6.00. The zero-order valence-corrected chi connectivity index (χ0v) is 12.5. The lowest BCUT2D eigenvalue weighted by molar-refractivity contribution is -0.137. The Bertz CT molecular complexity index is 455. The van der Waals surface area contributed by atoms with E-state index >= 15 is 0 Å². The Kier molecular flexibility index (Phi) is 5.35. The first-order valence-corrected chi connectivity index (χ1v) is 6.80. The first-order chi connectivity index (χ1) is 8.34. The van der Waals surface area contributed by atoms with E-state index < -0.39 is 12.1 Å². The number of hydrogen-bond donors (Lipinski definition) is 2. The molecule has 0 unspecified atom stereocenters. The summed E-state index contributed by atoms with van der Waals surface area (Å²) in [5.41, 5.74) is 4.15. The quantitative estimate of drug-likeness (QED) is 0.872. The molecule has 3 nitrogen and oxygen atoms in total. The molecular formula is C14H19BrO3. The Hall–Kier alpha value is -0.870. The molecule has 1 aromatic carbocycles. The van der Waals surface area contributed by atoms with Crippen LogP contribution in [-0.4, -0.2) is 16.2 Å². The Balaban J connectivity index is 2.89. The highest BCUT2D eigenvalue weighted by atomic mass is 79.9. The third-order valence-electron chi connectivity index (χ3n) is 3.14. The predicted molar refractivity (Wildman–Crippen MR) is 74.8 cm³/mol. The van der Waals surface area contributed by atoms with E-state index in [1.54, 1.807) is 0 Å². The molecule has 0 fully saturated rings. The summed E-state index contributed by atoms with van der Waals surface area (Å²) in [6.07, 6.45) is 0.466. The van der Waals surface area contributed by atoms with Gasteiger partial charge in [-0.05, 0) is 55.9 Å². The Morgan fingerprint density at radius 3 is 2.50 bits per heavy atom. The average Bonchev–Trinajstić information content (AvgIpc) is 2.25. The van der Waals surface area contributed by atoms with Crippen molar-refractivity contribution < 1.29 is 15.0 Å². The third-order valence-corrected chi connectivity index (χ3v) is 4.36. The van der Waals surface area contributed by atoms with E-state index in [9.17, 15) is 9.90 Å². The van der Waals surface area contributed by atoms with Gasteiger partial charge in [-0.2, -0.15) is 0 Å². The third kappa shape index (κ3) is 3.56. The van der Waals surface area contributed by atoms with Gasteiger partial charge in [0, 0.05) is 10.9 Å². The van der Waals surface area contributed by atoms with Gasteiger partial charge >= 0.3 is 5.97 Å². The summed E-state index contributed by atoms with van der Waals surface area (Å²) in [6.45, 7) is 5.96. The summed E-state index contributed by atoms with van der Waals surface area (Å²) in [7, 11) is 0. The molecule has 0 aromatic heterocycles. The summed E-state index contributed by atoms with van der Waals surface area (Å²) in [6, 6.07) is 2.03. The van der Waals surface area contributed by atoms with Gasteiger partial charge in [-0.25, -0.2) is 0 Å². The molecule has 0 radical (unpaired) electrons. The molecule has 1 rings (SSSR count). The van der Waals surface area contributed by atoms with E-state index in [0.29, 0.717) is 12.8 Å². The molecule has 0 spiro atoms. The number of aliphatic hydroxyl groups excluding tert-OH is 1. The molecule has 100 valence electrons. The topological polar surface area (TPSA) is 57.5 Å². The standard InChI is InChI=1S/C14H19BrO3/c1-8-7-9(2)14(15)10(3)13(8)11(16)5-4-6-12(17)18/h7,11,16H,4-6H2,1-3H3,(H,17,18)/t11-/m1/s1. The second-order valence-electron chi connectivity index (χ2n) is 4.66. The van der Waals surface area contributed by atoms with Crippen molar-refractivity contribution in [2.45, 2.75) is 46.1 Å². The maximum absolute atomic E-state index is 10.5. The number of hydrogen-bond acceptors (Lipinski definition) is 2. The van der Waals surface area contributed by atoms with Crippen LogP contribution in [0, 0.1) is 20.8 Å². The number of carbonyl (C=O) groups is 1. The van der Waals surface area contributed by atoms with Gasteiger partial charge in [0.2, 0.25) is 0 Å². The highest BCUT2D eigenvalue weighted by Gasteiger charge is 2.16. The summed E-state index contributed by atoms with van der Waals surface area (Å²) in [5, 5.41) is 18.8. The smallest absolute Gasteiger partial charge is 0.303 e. The van der Waals surface area contributed by atoms with Gasteiger partial charge in [0.1, 0.15) is 0 Å². The minimum Gasteiger partial charge on any atom is -0.481 e. The lowest BCUT2D eigenvalue weighted by Gasteiger charge is -2.19. The van der Waals surface area contributed by atoms with E-state index in [2.05, 4.69) is 15.9 Å². The van der Waals surface area contributed by atoms with Crippen LogP contribution in [0.1, 0.15) is 47.6 Å². The molecule has 0 bridgehead atoms. The molecule has 0 saturated heterocycles. The minimum atomic E-state index is -0.819. The number of carboxylic acid groups (broad SMARTS) is 1. The van der Waals surface area contributed by atoms with Crippen LogP contribution in [0.5, 0.6) is 0 Å². The second-order valence-corrected chi connectivity index (χ2v) is 5.46. The lowest BCUT2D eigenvalue weighted by atomic mass is 9.93. The molecule has 0 saturated carbocycles. The van der Waals surface area contributed by atoms with Gasteiger partial charge in [0.25, 0.3) is 0 Å². The molecule has 18 heavy (non-hydrogen) atoms. The largest absolute Gasteiger partial charge is 0.481 e. The van der Waals surface area contributed by atoms with Crippen molar-refractivity contribution in [3.8, 4) is 0 Å². The fraction of sp³-hybridized carbons (Fsp3) is 0.500. The predicted octanol–water partition coefficient (Wildman–Crippen LogP) is 3.66.